The maximum atomic E-state index is 13.6. The lowest BCUT2D eigenvalue weighted by molar-refractivity contribution is -0.870. The molecule has 1 amide bonds. The van der Waals surface area contributed by atoms with Crippen LogP contribution in [-0.4, -0.2) is 69.4 Å². The van der Waals surface area contributed by atoms with Crippen molar-refractivity contribution >= 4 is 19.7 Å². The van der Waals surface area contributed by atoms with E-state index in [1.54, 1.807) is 0 Å². The minimum Gasteiger partial charge on any atom is -0.756 e. The standard InChI is InChI=1S/C68H129N2O7P/c1-7-10-13-16-19-22-25-28-30-32-34-35-37-39-41-43-46-49-52-55-58-61-68(72)77-66(59-56-53-50-47-44-27-24-21-18-15-12-9-3)65(64-76-78(73,74)75-63-62-70(4,5)6)69-67(71)60-57-54-51-48-45-42-40-38-36-33-31-29-26-23-20-17-14-11-8-2/h19,22,28-31,56,59,65-66H,7-18,20-21,23-27,32-55,57-58,60-64H2,1-6H3,(H-,69,71,73,74)/b22-19-,30-28-,31-29+,59-56+. The number of carbonyl (C=O) groups is 2. The van der Waals surface area contributed by atoms with Crippen LogP contribution in [0.1, 0.15) is 323 Å². The molecule has 9 nitrogen and oxygen atoms in total. The van der Waals surface area contributed by atoms with Gasteiger partial charge in [-0.3, -0.25) is 14.2 Å². The number of phosphoric ester groups is 1. The van der Waals surface area contributed by atoms with Crippen LogP contribution in [0.5, 0.6) is 0 Å². The summed E-state index contributed by atoms with van der Waals surface area (Å²) in [5, 5.41) is 3.04. The van der Waals surface area contributed by atoms with Gasteiger partial charge in [0.2, 0.25) is 5.91 Å². The highest BCUT2D eigenvalue weighted by atomic mass is 31.2. The van der Waals surface area contributed by atoms with Crippen molar-refractivity contribution in [2.24, 2.45) is 0 Å². The largest absolute Gasteiger partial charge is 0.756 e. The van der Waals surface area contributed by atoms with Gasteiger partial charge in [-0.15, -0.1) is 0 Å². The van der Waals surface area contributed by atoms with Crippen LogP contribution < -0.4 is 10.2 Å². The van der Waals surface area contributed by atoms with Gasteiger partial charge in [0.05, 0.1) is 33.8 Å². The molecule has 0 aromatic carbocycles. The van der Waals surface area contributed by atoms with Crippen LogP contribution in [0.15, 0.2) is 48.6 Å². The van der Waals surface area contributed by atoms with Crippen molar-refractivity contribution in [1.29, 1.82) is 0 Å². The Morgan fingerprint density at radius 1 is 0.449 bits per heavy atom. The normalized spacial score (nSPS) is 13.9. The molecule has 3 unspecified atom stereocenters. The highest BCUT2D eigenvalue weighted by Crippen LogP contribution is 2.38. The van der Waals surface area contributed by atoms with E-state index in [9.17, 15) is 19.0 Å². The van der Waals surface area contributed by atoms with E-state index in [1.165, 1.54) is 225 Å². The lowest BCUT2D eigenvalue weighted by Crippen LogP contribution is -2.47. The molecular weight excluding hydrogens is 988 g/mol. The zero-order valence-corrected chi connectivity index (χ0v) is 53.3. The second kappa shape index (κ2) is 58.2. The summed E-state index contributed by atoms with van der Waals surface area (Å²) in [6.07, 6.45) is 72.2. The number of amides is 1. The highest BCUT2D eigenvalue weighted by Gasteiger charge is 2.27. The van der Waals surface area contributed by atoms with Crippen LogP contribution in [0, 0.1) is 0 Å². The summed E-state index contributed by atoms with van der Waals surface area (Å²) in [5.41, 5.74) is 0. The number of nitrogens with one attached hydrogen (secondary N) is 1. The molecule has 0 aromatic rings. The number of quaternary nitrogens is 1. The van der Waals surface area contributed by atoms with E-state index in [4.69, 9.17) is 13.8 Å². The Morgan fingerprint density at radius 3 is 1.19 bits per heavy atom. The molecule has 78 heavy (non-hydrogen) atoms. The van der Waals surface area contributed by atoms with Crippen LogP contribution in [-0.2, 0) is 27.9 Å². The van der Waals surface area contributed by atoms with Gasteiger partial charge in [0.1, 0.15) is 19.3 Å². The minimum absolute atomic E-state index is 0.0221. The second-order valence-electron chi connectivity index (χ2n) is 24.0. The third-order valence-corrected chi connectivity index (χ3v) is 15.9. The predicted molar refractivity (Wildman–Crippen MR) is 335 cm³/mol. The molecule has 0 fully saturated rings. The lowest BCUT2D eigenvalue weighted by atomic mass is 10.0. The SMILES string of the molecule is CCCCC/C=C\C/C=C\CCCCCCCCCCCCCC(=O)OC(/C=C/CCCCCCCCCCCC)C(COP(=O)([O-])OCC[N+](C)(C)C)NC(=O)CCCCCCCCCCC/C=C/CCCCCCCC. The highest BCUT2D eigenvalue weighted by molar-refractivity contribution is 7.45. The average molecular weight is 1120 g/mol. The molecule has 3 atom stereocenters. The van der Waals surface area contributed by atoms with E-state index in [1.807, 2.05) is 33.3 Å². The molecule has 10 heteroatoms. The van der Waals surface area contributed by atoms with Gasteiger partial charge < -0.3 is 28.5 Å². The van der Waals surface area contributed by atoms with Crippen molar-refractivity contribution in [3.8, 4) is 0 Å². The molecule has 0 aliphatic heterocycles. The summed E-state index contributed by atoms with van der Waals surface area (Å²) in [4.78, 5) is 40.1. The van der Waals surface area contributed by atoms with E-state index in [2.05, 4.69) is 62.5 Å². The second-order valence-corrected chi connectivity index (χ2v) is 25.4. The van der Waals surface area contributed by atoms with Gasteiger partial charge in [0.25, 0.3) is 7.82 Å². The fraction of sp³-hybridized carbons (Fsp3) is 0.853. The van der Waals surface area contributed by atoms with Gasteiger partial charge in [-0.2, -0.15) is 0 Å². The van der Waals surface area contributed by atoms with Gasteiger partial charge in [0, 0.05) is 12.8 Å². The van der Waals surface area contributed by atoms with Crippen LogP contribution in [0.3, 0.4) is 0 Å². The summed E-state index contributed by atoms with van der Waals surface area (Å²) in [6, 6.07) is -0.889. The lowest BCUT2D eigenvalue weighted by Gasteiger charge is -2.30. The summed E-state index contributed by atoms with van der Waals surface area (Å²) < 4.78 is 30.4. The number of carbonyl (C=O) groups excluding carboxylic acids is 2. The van der Waals surface area contributed by atoms with Crippen LogP contribution in [0.2, 0.25) is 0 Å². The Morgan fingerprint density at radius 2 is 0.782 bits per heavy atom. The number of ether oxygens (including phenoxy) is 1. The first-order valence-corrected chi connectivity index (χ1v) is 34.9. The van der Waals surface area contributed by atoms with Crippen molar-refractivity contribution in [2.75, 3.05) is 40.9 Å². The molecular formula is C68H129N2O7P. The number of hydrogen-bond donors (Lipinski definition) is 1. The van der Waals surface area contributed by atoms with Crippen molar-refractivity contribution in [2.45, 2.75) is 335 Å². The topological polar surface area (TPSA) is 114 Å². The Hall–Kier alpha value is -2.03. The molecule has 0 saturated carbocycles. The fourth-order valence-electron chi connectivity index (χ4n) is 9.78. The summed E-state index contributed by atoms with van der Waals surface area (Å²) >= 11 is 0. The Labute approximate surface area is 484 Å². The van der Waals surface area contributed by atoms with Gasteiger partial charge >= 0.3 is 5.97 Å². The maximum Gasteiger partial charge on any atom is 0.306 e. The molecule has 1 N–H and O–H groups in total. The first kappa shape index (κ1) is 76.0. The molecule has 0 spiro atoms. The Bertz CT molecular complexity index is 1470. The number of nitrogens with zero attached hydrogens (tertiary/aromatic N) is 1. The number of allylic oxidation sites excluding steroid dienone is 7. The number of rotatable bonds is 61. The van der Waals surface area contributed by atoms with Crippen molar-refractivity contribution in [1.82, 2.24) is 5.32 Å². The van der Waals surface area contributed by atoms with E-state index in [0.717, 1.165) is 64.2 Å². The first-order valence-electron chi connectivity index (χ1n) is 33.4. The maximum absolute atomic E-state index is 13.6. The molecule has 0 saturated heterocycles. The quantitative estimate of drug-likeness (QED) is 0.0212. The van der Waals surface area contributed by atoms with Crippen molar-refractivity contribution in [3.05, 3.63) is 48.6 Å². The smallest absolute Gasteiger partial charge is 0.306 e. The molecule has 0 radical (unpaired) electrons. The minimum atomic E-state index is -4.70. The number of likely N-dealkylation sites (N-methyl/N-ethyl adjacent to an activating group) is 1. The van der Waals surface area contributed by atoms with E-state index < -0.39 is 20.0 Å². The van der Waals surface area contributed by atoms with E-state index in [-0.39, 0.29) is 31.5 Å². The molecule has 458 valence electrons. The predicted octanol–water partition coefficient (Wildman–Crippen LogP) is 20.2. The van der Waals surface area contributed by atoms with Crippen LogP contribution >= 0.6 is 7.82 Å². The van der Waals surface area contributed by atoms with Gasteiger partial charge in [-0.05, 0) is 89.5 Å². The van der Waals surface area contributed by atoms with Gasteiger partial charge in [-0.1, -0.05) is 269 Å². The number of unbranched alkanes of at least 4 members (excludes halogenated alkanes) is 39. The molecule has 0 aromatic heterocycles. The Balaban J connectivity index is 5.15. The summed E-state index contributed by atoms with van der Waals surface area (Å²) in [7, 11) is 1.19. The number of esters is 1. The summed E-state index contributed by atoms with van der Waals surface area (Å²) in [5.74, 6) is -0.534. The van der Waals surface area contributed by atoms with Crippen molar-refractivity contribution in [3.63, 3.8) is 0 Å². The number of phosphoric acid groups is 1. The molecule has 0 aliphatic carbocycles. The van der Waals surface area contributed by atoms with E-state index in [0.29, 0.717) is 17.4 Å². The molecule has 0 heterocycles. The zero-order chi connectivity index (χ0) is 57.2. The van der Waals surface area contributed by atoms with Gasteiger partial charge in [0.15, 0.2) is 0 Å². The number of hydrogen-bond acceptors (Lipinski definition) is 7. The monoisotopic (exact) mass is 1120 g/mol. The Kier molecular flexibility index (Phi) is 56.7. The van der Waals surface area contributed by atoms with Crippen molar-refractivity contribution < 1.29 is 37.3 Å². The third kappa shape index (κ3) is 58.6. The zero-order valence-electron chi connectivity index (χ0n) is 52.4. The summed E-state index contributed by atoms with van der Waals surface area (Å²) in [6.45, 7) is 6.85. The first-order chi connectivity index (χ1) is 37.9. The average Bonchev–Trinajstić information content (AvgIpc) is 3.40. The fourth-order valence-corrected chi connectivity index (χ4v) is 10.5. The molecule has 0 rings (SSSR count). The third-order valence-electron chi connectivity index (χ3n) is 15.0. The van der Waals surface area contributed by atoms with Crippen LogP contribution in [0.4, 0.5) is 0 Å². The molecule has 0 bridgehead atoms. The van der Waals surface area contributed by atoms with Gasteiger partial charge in [-0.25, -0.2) is 0 Å². The molecule has 0 aliphatic rings. The van der Waals surface area contributed by atoms with Crippen LogP contribution in [0.25, 0.3) is 0 Å². The van der Waals surface area contributed by atoms with E-state index >= 15 is 0 Å².